The molecule has 0 saturated carbocycles. The molecule has 2 rings (SSSR count). The molecule has 2 heterocycles. The Bertz CT molecular complexity index is 602. The Hall–Kier alpha value is -0.730. The highest BCUT2D eigenvalue weighted by Gasteiger charge is 2.22. The van der Waals surface area contributed by atoms with Crippen molar-refractivity contribution >= 4 is 32.7 Å². The molecule has 0 unspecified atom stereocenters. The smallest absolute Gasteiger partial charge is 0.252 e. The van der Waals surface area contributed by atoms with Crippen LogP contribution in [0.25, 0.3) is 0 Å². The van der Waals surface area contributed by atoms with Gasteiger partial charge in [0.1, 0.15) is 4.21 Å². The molecular weight excluding hydrogens is 288 g/mol. The highest BCUT2D eigenvalue weighted by molar-refractivity contribution is 7.91. The Morgan fingerprint density at radius 3 is 2.67 bits per heavy atom. The van der Waals surface area contributed by atoms with Crippen LogP contribution in [0.15, 0.2) is 33.2 Å². The maximum atomic E-state index is 12.3. The first-order chi connectivity index (χ1) is 8.54. The van der Waals surface area contributed by atoms with Crippen LogP contribution in [-0.2, 0) is 23.1 Å². The van der Waals surface area contributed by atoms with E-state index in [-0.39, 0.29) is 0 Å². The molecule has 2 aromatic rings. The van der Waals surface area contributed by atoms with Gasteiger partial charge in [-0.25, -0.2) is 8.42 Å². The van der Waals surface area contributed by atoms with Crippen LogP contribution in [0, 0.1) is 0 Å². The zero-order valence-corrected chi connectivity index (χ0v) is 12.3. The minimum Gasteiger partial charge on any atom is -0.326 e. The van der Waals surface area contributed by atoms with Crippen LogP contribution in [0.5, 0.6) is 0 Å². The molecule has 0 fully saturated rings. The van der Waals surface area contributed by atoms with Crippen LogP contribution in [-0.4, -0.2) is 19.8 Å². The number of rotatable bonds is 5. The van der Waals surface area contributed by atoms with Crippen LogP contribution >= 0.6 is 22.7 Å². The molecular formula is C11H14N2O2S3. The minimum atomic E-state index is -3.40. The third kappa shape index (κ3) is 2.81. The molecule has 0 aromatic carbocycles. The van der Waals surface area contributed by atoms with Gasteiger partial charge in [-0.3, -0.25) is 0 Å². The predicted octanol–water partition coefficient (Wildman–Crippen LogP) is 2.09. The topological polar surface area (TPSA) is 63.4 Å². The number of thiophene rings is 2. The molecule has 0 aliphatic heterocycles. The summed E-state index contributed by atoms with van der Waals surface area (Å²) >= 11 is 2.79. The van der Waals surface area contributed by atoms with E-state index >= 15 is 0 Å². The maximum absolute atomic E-state index is 12.3. The van der Waals surface area contributed by atoms with Crippen molar-refractivity contribution in [3.05, 3.63) is 39.4 Å². The van der Waals surface area contributed by atoms with E-state index in [0.29, 0.717) is 17.3 Å². The highest BCUT2D eigenvalue weighted by Crippen LogP contribution is 2.25. The van der Waals surface area contributed by atoms with Gasteiger partial charge in [0.2, 0.25) is 0 Å². The van der Waals surface area contributed by atoms with Gasteiger partial charge in [0, 0.05) is 25.0 Å². The Kier molecular flexibility index (Phi) is 4.18. The summed E-state index contributed by atoms with van der Waals surface area (Å²) in [6, 6.07) is 5.30. The minimum absolute atomic E-state index is 0.348. The lowest BCUT2D eigenvalue weighted by molar-refractivity contribution is 0.469. The first-order valence-corrected chi connectivity index (χ1v) is 8.50. The van der Waals surface area contributed by atoms with Crippen molar-refractivity contribution in [1.29, 1.82) is 0 Å². The van der Waals surface area contributed by atoms with Crippen molar-refractivity contribution in [3.8, 4) is 0 Å². The monoisotopic (exact) mass is 302 g/mol. The summed E-state index contributed by atoms with van der Waals surface area (Å²) in [4.78, 5) is 0.873. The average Bonchev–Trinajstić information content (AvgIpc) is 2.99. The first-order valence-electron chi connectivity index (χ1n) is 5.30. The van der Waals surface area contributed by atoms with Crippen molar-refractivity contribution in [1.82, 2.24) is 4.31 Å². The van der Waals surface area contributed by atoms with Crippen molar-refractivity contribution in [2.45, 2.75) is 17.3 Å². The fourth-order valence-corrected chi connectivity index (χ4v) is 4.75. The van der Waals surface area contributed by atoms with Crippen LogP contribution in [0.2, 0.25) is 0 Å². The number of nitrogens with zero attached hydrogens (tertiary/aromatic N) is 1. The normalized spacial score (nSPS) is 12.2. The molecule has 0 amide bonds. The maximum Gasteiger partial charge on any atom is 0.252 e. The van der Waals surface area contributed by atoms with E-state index in [1.54, 1.807) is 30.5 Å². The second-order valence-electron chi connectivity index (χ2n) is 3.82. The largest absolute Gasteiger partial charge is 0.326 e. The second-order valence-corrected chi connectivity index (χ2v) is 8.04. The van der Waals surface area contributed by atoms with Crippen molar-refractivity contribution < 1.29 is 8.42 Å². The molecule has 0 aliphatic carbocycles. The summed E-state index contributed by atoms with van der Waals surface area (Å²) in [6.07, 6.45) is 0. The highest BCUT2D eigenvalue weighted by atomic mass is 32.2. The second kappa shape index (κ2) is 5.50. The summed E-state index contributed by atoms with van der Waals surface area (Å²) in [7, 11) is -1.81. The van der Waals surface area contributed by atoms with Gasteiger partial charge in [-0.05, 0) is 34.5 Å². The van der Waals surface area contributed by atoms with Crippen LogP contribution < -0.4 is 5.73 Å². The zero-order chi connectivity index (χ0) is 13.2. The van der Waals surface area contributed by atoms with E-state index in [0.717, 1.165) is 10.4 Å². The summed E-state index contributed by atoms with van der Waals surface area (Å²) in [5, 5.41) is 3.89. The van der Waals surface area contributed by atoms with Gasteiger partial charge in [0.15, 0.2) is 0 Å². The van der Waals surface area contributed by atoms with E-state index < -0.39 is 10.0 Å². The lowest BCUT2D eigenvalue weighted by Crippen LogP contribution is -2.25. The predicted molar refractivity (Wildman–Crippen MR) is 75.2 cm³/mol. The zero-order valence-electron chi connectivity index (χ0n) is 9.87. The molecule has 18 heavy (non-hydrogen) atoms. The molecule has 0 bridgehead atoms. The third-order valence-corrected chi connectivity index (χ3v) is 6.60. The first kappa shape index (κ1) is 13.7. The fourth-order valence-electron chi connectivity index (χ4n) is 1.48. The van der Waals surface area contributed by atoms with Crippen LogP contribution in [0.1, 0.15) is 10.4 Å². The molecule has 0 saturated heterocycles. The van der Waals surface area contributed by atoms with Gasteiger partial charge in [0.05, 0.1) is 0 Å². The molecule has 2 N–H and O–H groups in total. The lowest BCUT2D eigenvalue weighted by atomic mass is 10.3. The van der Waals surface area contributed by atoms with Gasteiger partial charge < -0.3 is 5.73 Å². The quantitative estimate of drug-likeness (QED) is 0.920. The van der Waals surface area contributed by atoms with Crippen molar-refractivity contribution in [3.63, 3.8) is 0 Å². The molecule has 4 nitrogen and oxygen atoms in total. The number of hydrogen-bond donors (Lipinski definition) is 1. The SMILES string of the molecule is CN(Cc1ccsc1)S(=O)(=O)c1ccc(CN)s1. The summed E-state index contributed by atoms with van der Waals surface area (Å²) < 4.78 is 26.3. The Morgan fingerprint density at radius 1 is 1.33 bits per heavy atom. The molecule has 98 valence electrons. The van der Waals surface area contributed by atoms with E-state index in [4.69, 9.17) is 5.73 Å². The number of hydrogen-bond acceptors (Lipinski definition) is 5. The summed E-state index contributed by atoms with van der Waals surface area (Å²) in [5.41, 5.74) is 6.50. The Morgan fingerprint density at radius 2 is 2.11 bits per heavy atom. The molecule has 0 atom stereocenters. The lowest BCUT2D eigenvalue weighted by Gasteiger charge is -2.15. The molecule has 0 aliphatic rings. The molecule has 0 radical (unpaired) electrons. The van der Waals surface area contributed by atoms with E-state index in [1.807, 2.05) is 16.8 Å². The van der Waals surface area contributed by atoms with Gasteiger partial charge in [-0.2, -0.15) is 15.6 Å². The molecule has 2 aromatic heterocycles. The average molecular weight is 302 g/mol. The fraction of sp³-hybridized carbons (Fsp3) is 0.273. The standard InChI is InChI=1S/C11H14N2O2S3/c1-13(7-9-4-5-16-8-9)18(14,15)11-3-2-10(6-12)17-11/h2-5,8H,6-7,12H2,1H3. The van der Waals surface area contributed by atoms with Crippen molar-refractivity contribution in [2.75, 3.05) is 7.05 Å². The summed E-state index contributed by atoms with van der Waals surface area (Å²) in [5.74, 6) is 0. The van der Waals surface area contributed by atoms with Crippen molar-refractivity contribution in [2.24, 2.45) is 5.73 Å². The number of sulfonamides is 1. The van der Waals surface area contributed by atoms with Crippen LogP contribution in [0.4, 0.5) is 0 Å². The van der Waals surface area contributed by atoms with E-state index in [1.165, 1.54) is 15.6 Å². The van der Waals surface area contributed by atoms with Gasteiger partial charge >= 0.3 is 0 Å². The van der Waals surface area contributed by atoms with Gasteiger partial charge in [0.25, 0.3) is 10.0 Å². The summed E-state index contributed by atoms with van der Waals surface area (Å²) in [6.45, 7) is 0.760. The van der Waals surface area contributed by atoms with E-state index in [9.17, 15) is 8.42 Å². The molecule has 0 spiro atoms. The Balaban J connectivity index is 2.19. The number of nitrogens with two attached hydrogens (primary N) is 1. The van der Waals surface area contributed by atoms with Gasteiger partial charge in [-0.1, -0.05) is 0 Å². The van der Waals surface area contributed by atoms with E-state index in [2.05, 4.69) is 0 Å². The van der Waals surface area contributed by atoms with Gasteiger partial charge in [-0.15, -0.1) is 11.3 Å². The Labute approximate surface area is 115 Å². The van der Waals surface area contributed by atoms with Crippen LogP contribution in [0.3, 0.4) is 0 Å². The molecule has 7 heteroatoms. The third-order valence-electron chi connectivity index (χ3n) is 2.49.